The third-order valence-electron chi connectivity index (χ3n) is 2.33. The molecule has 1 atom stereocenters. The Labute approximate surface area is 92.3 Å². The summed E-state index contributed by atoms with van der Waals surface area (Å²) in [5.74, 6) is -2.54. The van der Waals surface area contributed by atoms with Crippen LogP contribution in [-0.4, -0.2) is 29.3 Å². The molecule has 1 aromatic carbocycles. The minimum atomic E-state index is -1.83. The van der Waals surface area contributed by atoms with Gasteiger partial charge in [-0.15, -0.1) is 0 Å². The van der Waals surface area contributed by atoms with Gasteiger partial charge < -0.3 is 14.9 Å². The number of rotatable bonds is 5. The Kier molecular flexibility index (Phi) is 3.63. The smallest absolute Gasteiger partial charge is 0.341 e. The molecule has 0 fully saturated rings. The van der Waals surface area contributed by atoms with Crippen LogP contribution in [0.25, 0.3) is 0 Å². The lowest BCUT2D eigenvalue weighted by atomic mass is 9.90. The Balaban J connectivity index is 3.23. The number of hydrogen-bond donors (Lipinski definition) is 2. The van der Waals surface area contributed by atoms with Crippen LogP contribution in [0, 0.1) is 0 Å². The highest BCUT2D eigenvalue weighted by Gasteiger charge is 2.42. The van der Waals surface area contributed by atoms with Gasteiger partial charge in [0.15, 0.2) is 5.60 Å². The van der Waals surface area contributed by atoms with E-state index in [1.807, 2.05) is 0 Å². The number of carboxylic acid groups (broad SMARTS) is 2. The largest absolute Gasteiger partial charge is 0.481 e. The first-order chi connectivity index (χ1) is 7.53. The van der Waals surface area contributed by atoms with E-state index in [4.69, 9.17) is 14.9 Å². The molecule has 0 aliphatic carbocycles. The molecule has 0 bridgehead atoms. The molecule has 5 heteroatoms. The quantitative estimate of drug-likeness (QED) is 0.782. The van der Waals surface area contributed by atoms with E-state index in [9.17, 15) is 9.59 Å². The predicted molar refractivity (Wildman–Crippen MR) is 55.0 cm³/mol. The summed E-state index contributed by atoms with van der Waals surface area (Å²) in [5, 5.41) is 17.9. The molecule has 86 valence electrons. The maximum Gasteiger partial charge on any atom is 0.341 e. The van der Waals surface area contributed by atoms with Crippen molar-refractivity contribution in [2.24, 2.45) is 0 Å². The van der Waals surface area contributed by atoms with E-state index < -0.39 is 24.0 Å². The second-order valence-corrected chi connectivity index (χ2v) is 3.27. The van der Waals surface area contributed by atoms with Crippen LogP contribution in [0.15, 0.2) is 30.3 Å². The van der Waals surface area contributed by atoms with E-state index in [0.717, 1.165) is 0 Å². The minimum Gasteiger partial charge on any atom is -0.481 e. The Morgan fingerprint density at radius 3 is 2.19 bits per heavy atom. The van der Waals surface area contributed by atoms with Gasteiger partial charge in [-0.1, -0.05) is 30.3 Å². The molecule has 1 unspecified atom stereocenters. The zero-order valence-corrected chi connectivity index (χ0v) is 8.71. The fraction of sp³-hybridized carbons (Fsp3) is 0.273. The van der Waals surface area contributed by atoms with Crippen molar-refractivity contribution in [3.05, 3.63) is 35.9 Å². The van der Waals surface area contributed by atoms with Crippen molar-refractivity contribution in [1.82, 2.24) is 0 Å². The highest BCUT2D eigenvalue weighted by atomic mass is 16.5. The van der Waals surface area contributed by atoms with Crippen LogP contribution < -0.4 is 0 Å². The van der Waals surface area contributed by atoms with Gasteiger partial charge in [-0.25, -0.2) is 4.79 Å². The standard InChI is InChI=1S/C11H12O5/c1-16-11(10(14)15,7-9(12)13)8-5-3-2-4-6-8/h2-6H,7H2,1H3,(H,12,13)(H,14,15). The van der Waals surface area contributed by atoms with Gasteiger partial charge in [-0.05, 0) is 5.56 Å². The summed E-state index contributed by atoms with van der Waals surface area (Å²) >= 11 is 0. The van der Waals surface area contributed by atoms with E-state index in [1.165, 1.54) is 19.2 Å². The molecule has 0 aliphatic rings. The molecule has 0 heterocycles. The number of carboxylic acids is 2. The van der Waals surface area contributed by atoms with Crippen LogP contribution in [-0.2, 0) is 19.9 Å². The van der Waals surface area contributed by atoms with Crippen molar-refractivity contribution in [1.29, 1.82) is 0 Å². The van der Waals surface area contributed by atoms with Crippen molar-refractivity contribution in [3.63, 3.8) is 0 Å². The molecule has 0 saturated carbocycles. The number of ether oxygens (including phenoxy) is 1. The summed E-state index contributed by atoms with van der Waals surface area (Å²) in [6, 6.07) is 8.04. The Hall–Kier alpha value is -1.88. The monoisotopic (exact) mass is 224 g/mol. The maximum atomic E-state index is 11.2. The maximum absolute atomic E-state index is 11.2. The van der Waals surface area contributed by atoms with Crippen LogP contribution in [0.4, 0.5) is 0 Å². The van der Waals surface area contributed by atoms with E-state index >= 15 is 0 Å². The molecule has 0 saturated heterocycles. The average molecular weight is 224 g/mol. The molecule has 0 aromatic heterocycles. The summed E-state index contributed by atoms with van der Waals surface area (Å²) in [7, 11) is 1.18. The number of methoxy groups -OCH3 is 1. The van der Waals surface area contributed by atoms with Gasteiger partial charge in [-0.2, -0.15) is 0 Å². The zero-order valence-electron chi connectivity index (χ0n) is 8.71. The first-order valence-electron chi connectivity index (χ1n) is 4.59. The minimum absolute atomic E-state index is 0.312. The third-order valence-corrected chi connectivity index (χ3v) is 2.33. The van der Waals surface area contributed by atoms with E-state index in [1.54, 1.807) is 18.2 Å². The van der Waals surface area contributed by atoms with Gasteiger partial charge in [-0.3, -0.25) is 4.79 Å². The third kappa shape index (κ3) is 2.20. The molecule has 1 aromatic rings. The normalized spacial score (nSPS) is 14.1. The second-order valence-electron chi connectivity index (χ2n) is 3.27. The lowest BCUT2D eigenvalue weighted by Crippen LogP contribution is -2.40. The van der Waals surface area contributed by atoms with Gasteiger partial charge in [0.25, 0.3) is 0 Å². The number of aliphatic carboxylic acids is 2. The molecule has 1 rings (SSSR count). The van der Waals surface area contributed by atoms with Crippen LogP contribution in [0.3, 0.4) is 0 Å². The fourth-order valence-corrected chi connectivity index (χ4v) is 1.50. The zero-order chi connectivity index (χ0) is 12.2. The summed E-state index contributed by atoms with van der Waals surface area (Å²) in [6.45, 7) is 0. The van der Waals surface area contributed by atoms with Crippen molar-refractivity contribution in [2.45, 2.75) is 12.0 Å². The van der Waals surface area contributed by atoms with E-state index in [2.05, 4.69) is 0 Å². The summed E-state index contributed by atoms with van der Waals surface area (Å²) < 4.78 is 4.92. The Morgan fingerprint density at radius 1 is 1.25 bits per heavy atom. The van der Waals surface area contributed by atoms with Crippen molar-refractivity contribution < 1.29 is 24.5 Å². The molecule has 0 amide bonds. The van der Waals surface area contributed by atoms with Gasteiger partial charge >= 0.3 is 11.9 Å². The highest BCUT2D eigenvalue weighted by Crippen LogP contribution is 2.29. The molecule has 0 spiro atoms. The summed E-state index contributed by atoms with van der Waals surface area (Å²) in [6.07, 6.45) is -0.622. The molecule has 2 N–H and O–H groups in total. The van der Waals surface area contributed by atoms with Crippen LogP contribution in [0.1, 0.15) is 12.0 Å². The van der Waals surface area contributed by atoms with E-state index in [-0.39, 0.29) is 0 Å². The van der Waals surface area contributed by atoms with Crippen molar-refractivity contribution in [2.75, 3.05) is 7.11 Å². The van der Waals surface area contributed by atoms with Crippen molar-refractivity contribution >= 4 is 11.9 Å². The van der Waals surface area contributed by atoms with Crippen molar-refractivity contribution in [3.8, 4) is 0 Å². The lowest BCUT2D eigenvalue weighted by molar-refractivity contribution is -0.170. The van der Waals surface area contributed by atoms with E-state index in [0.29, 0.717) is 5.56 Å². The summed E-state index contributed by atoms with van der Waals surface area (Å²) in [5.41, 5.74) is -1.51. The molecular formula is C11H12O5. The number of carbonyl (C=O) groups is 2. The van der Waals surface area contributed by atoms with Crippen LogP contribution in [0.2, 0.25) is 0 Å². The topological polar surface area (TPSA) is 83.8 Å². The van der Waals surface area contributed by atoms with Crippen LogP contribution in [0.5, 0.6) is 0 Å². The summed E-state index contributed by atoms with van der Waals surface area (Å²) in [4.78, 5) is 21.9. The van der Waals surface area contributed by atoms with Gasteiger partial charge in [0.1, 0.15) is 0 Å². The SMILES string of the molecule is COC(CC(=O)O)(C(=O)O)c1ccccc1. The highest BCUT2D eigenvalue weighted by molar-refractivity contribution is 5.85. The van der Waals surface area contributed by atoms with Gasteiger partial charge in [0.05, 0.1) is 6.42 Å². The van der Waals surface area contributed by atoms with Crippen LogP contribution >= 0.6 is 0 Å². The average Bonchev–Trinajstić information content (AvgIpc) is 2.26. The fourth-order valence-electron chi connectivity index (χ4n) is 1.50. The number of hydrogen-bond acceptors (Lipinski definition) is 3. The van der Waals surface area contributed by atoms with Gasteiger partial charge in [0, 0.05) is 7.11 Å². The molecule has 0 radical (unpaired) electrons. The first kappa shape index (κ1) is 12.2. The van der Waals surface area contributed by atoms with Gasteiger partial charge in [0.2, 0.25) is 0 Å². The molecule has 16 heavy (non-hydrogen) atoms. The first-order valence-corrected chi connectivity index (χ1v) is 4.59. The number of benzene rings is 1. The Bertz CT molecular complexity index is 387. The second kappa shape index (κ2) is 4.76. The lowest BCUT2D eigenvalue weighted by Gasteiger charge is -2.26. The molecule has 5 nitrogen and oxygen atoms in total. The molecule has 0 aliphatic heterocycles. The molecular weight excluding hydrogens is 212 g/mol. The predicted octanol–water partition coefficient (Wildman–Crippen LogP) is 1.09. The Morgan fingerprint density at radius 2 is 1.81 bits per heavy atom.